The van der Waals surface area contributed by atoms with E-state index >= 15 is 0 Å². The van der Waals surface area contributed by atoms with Crippen molar-refractivity contribution in [2.75, 3.05) is 0 Å². The Hall–Kier alpha value is -3.59. The average Bonchev–Trinajstić information content (AvgIpc) is 3.31. The van der Waals surface area contributed by atoms with Gasteiger partial charge in [-0.25, -0.2) is 4.98 Å². The summed E-state index contributed by atoms with van der Waals surface area (Å²) in [6.45, 7) is 0. The van der Waals surface area contributed by atoms with Crippen LogP contribution in [-0.2, 0) is 0 Å². The van der Waals surface area contributed by atoms with Crippen molar-refractivity contribution in [3.05, 3.63) is 85.2 Å². The number of aromatic nitrogens is 3. The molecule has 0 unspecified atom stereocenters. The van der Waals surface area contributed by atoms with Crippen LogP contribution in [0.1, 0.15) is 0 Å². The van der Waals surface area contributed by atoms with Crippen molar-refractivity contribution in [1.29, 1.82) is 0 Å². The topological polar surface area (TPSA) is 33.6 Å². The van der Waals surface area contributed by atoms with Gasteiger partial charge in [-0.05, 0) is 24.3 Å². The number of nitrogens with zero attached hydrogens (tertiary/aromatic N) is 2. The highest BCUT2D eigenvalue weighted by molar-refractivity contribution is 6.30. The van der Waals surface area contributed by atoms with Gasteiger partial charge in [0.25, 0.3) is 0 Å². The number of aromatic amines is 1. The molecule has 0 aliphatic carbocycles. The molecule has 6 rings (SSSR count). The molecule has 3 aromatic carbocycles. The minimum atomic E-state index is 0.937. The highest BCUT2D eigenvalue weighted by Crippen LogP contribution is 2.39. The molecule has 0 fully saturated rings. The predicted octanol–water partition coefficient (Wildman–Crippen LogP) is 5.81. The summed E-state index contributed by atoms with van der Waals surface area (Å²) in [5.74, 6) is 0.937. The van der Waals surface area contributed by atoms with E-state index in [1.807, 2.05) is 24.4 Å². The molecule has 0 aliphatic heterocycles. The van der Waals surface area contributed by atoms with E-state index in [9.17, 15) is 0 Å². The van der Waals surface area contributed by atoms with Gasteiger partial charge in [0.15, 0.2) is 0 Å². The first kappa shape index (κ1) is 13.7. The van der Waals surface area contributed by atoms with Gasteiger partial charge in [0.05, 0.1) is 11.0 Å². The Morgan fingerprint density at radius 3 is 2.31 bits per heavy atom. The number of nitrogens with one attached hydrogen (secondary N) is 1. The van der Waals surface area contributed by atoms with Crippen molar-refractivity contribution in [2.24, 2.45) is 0 Å². The molecule has 0 spiro atoms. The normalized spacial score (nSPS) is 11.8. The first-order chi connectivity index (χ1) is 12.9. The standard InChI is InChI=1S/C23H15N3/c1-2-8-16-15(7-1)22-21(17-9-3-4-10-19(17)25-22)18-12-14-26(23(16)18)20-11-5-6-13-24-20/h1-14,25H. The fraction of sp³-hybridized carbons (Fsp3) is 0. The number of hydrogen-bond donors (Lipinski definition) is 1. The molecule has 3 heteroatoms. The Morgan fingerprint density at radius 2 is 1.46 bits per heavy atom. The summed E-state index contributed by atoms with van der Waals surface area (Å²) in [7, 11) is 0. The van der Waals surface area contributed by atoms with E-state index in [0.717, 1.165) is 5.82 Å². The third-order valence-corrected chi connectivity index (χ3v) is 5.21. The summed E-state index contributed by atoms with van der Waals surface area (Å²) in [5, 5.41) is 6.27. The predicted molar refractivity (Wildman–Crippen MR) is 108 cm³/mol. The van der Waals surface area contributed by atoms with Crippen LogP contribution < -0.4 is 0 Å². The number of rotatable bonds is 1. The monoisotopic (exact) mass is 333 g/mol. The Kier molecular flexibility index (Phi) is 2.61. The quantitative estimate of drug-likeness (QED) is 0.404. The molecule has 0 saturated carbocycles. The van der Waals surface area contributed by atoms with Crippen molar-refractivity contribution in [3.8, 4) is 5.82 Å². The summed E-state index contributed by atoms with van der Waals surface area (Å²) < 4.78 is 2.19. The Balaban J connectivity index is 1.92. The second kappa shape index (κ2) is 4.96. The highest BCUT2D eigenvalue weighted by Gasteiger charge is 2.16. The van der Waals surface area contributed by atoms with Gasteiger partial charge in [-0.15, -0.1) is 0 Å². The molecule has 3 nitrogen and oxygen atoms in total. The first-order valence-electron chi connectivity index (χ1n) is 8.75. The SMILES string of the molecule is c1ccc(-n2ccc3c4c5ccccc5[nH]c4c4ccccc4c32)nc1. The Morgan fingerprint density at radius 1 is 0.692 bits per heavy atom. The summed E-state index contributed by atoms with van der Waals surface area (Å²) in [6.07, 6.45) is 3.97. The fourth-order valence-electron chi connectivity index (χ4n) is 4.13. The van der Waals surface area contributed by atoms with Gasteiger partial charge < -0.3 is 9.55 Å². The summed E-state index contributed by atoms with van der Waals surface area (Å²) >= 11 is 0. The van der Waals surface area contributed by atoms with Gasteiger partial charge in [-0.1, -0.05) is 48.5 Å². The average molecular weight is 333 g/mol. The lowest BCUT2D eigenvalue weighted by atomic mass is 10.0. The van der Waals surface area contributed by atoms with Gasteiger partial charge in [0, 0.05) is 44.8 Å². The summed E-state index contributed by atoms with van der Waals surface area (Å²) in [4.78, 5) is 8.20. The van der Waals surface area contributed by atoms with Crippen molar-refractivity contribution in [2.45, 2.75) is 0 Å². The molecule has 3 heterocycles. The van der Waals surface area contributed by atoms with Crippen LogP contribution in [0.2, 0.25) is 0 Å². The van der Waals surface area contributed by atoms with Crippen LogP contribution in [0.4, 0.5) is 0 Å². The van der Waals surface area contributed by atoms with E-state index in [1.165, 1.54) is 43.5 Å². The number of hydrogen-bond acceptors (Lipinski definition) is 1. The lowest BCUT2D eigenvalue weighted by Gasteiger charge is -2.09. The molecule has 0 aliphatic rings. The van der Waals surface area contributed by atoms with Gasteiger partial charge in [-0.3, -0.25) is 0 Å². The van der Waals surface area contributed by atoms with E-state index in [1.54, 1.807) is 0 Å². The van der Waals surface area contributed by atoms with E-state index in [4.69, 9.17) is 0 Å². The molecule has 0 amide bonds. The van der Waals surface area contributed by atoms with Crippen LogP contribution in [0.5, 0.6) is 0 Å². The van der Waals surface area contributed by atoms with Crippen molar-refractivity contribution in [1.82, 2.24) is 14.5 Å². The zero-order chi connectivity index (χ0) is 17.1. The van der Waals surface area contributed by atoms with Crippen LogP contribution >= 0.6 is 0 Å². The fourth-order valence-corrected chi connectivity index (χ4v) is 4.13. The first-order valence-corrected chi connectivity index (χ1v) is 8.75. The third-order valence-electron chi connectivity index (χ3n) is 5.21. The highest BCUT2D eigenvalue weighted by atomic mass is 15.0. The Bertz CT molecular complexity index is 1420. The molecule has 26 heavy (non-hydrogen) atoms. The van der Waals surface area contributed by atoms with Gasteiger partial charge in [-0.2, -0.15) is 0 Å². The minimum Gasteiger partial charge on any atom is -0.354 e. The zero-order valence-electron chi connectivity index (χ0n) is 14.0. The molecule has 0 bridgehead atoms. The van der Waals surface area contributed by atoms with Crippen LogP contribution in [0.15, 0.2) is 85.2 Å². The lowest BCUT2D eigenvalue weighted by Crippen LogP contribution is -1.95. The van der Waals surface area contributed by atoms with E-state index in [0.29, 0.717) is 0 Å². The van der Waals surface area contributed by atoms with E-state index in [2.05, 4.69) is 75.3 Å². The van der Waals surface area contributed by atoms with Crippen LogP contribution in [0.3, 0.4) is 0 Å². The summed E-state index contributed by atoms with van der Waals surface area (Å²) in [6, 6.07) is 25.4. The van der Waals surface area contributed by atoms with Gasteiger partial charge in [0.2, 0.25) is 0 Å². The maximum atomic E-state index is 4.56. The van der Waals surface area contributed by atoms with Crippen LogP contribution in [0.25, 0.3) is 49.3 Å². The molecular weight excluding hydrogens is 318 g/mol. The second-order valence-corrected chi connectivity index (χ2v) is 6.60. The smallest absolute Gasteiger partial charge is 0.137 e. The number of H-pyrrole nitrogens is 1. The van der Waals surface area contributed by atoms with Crippen molar-refractivity contribution >= 4 is 43.5 Å². The van der Waals surface area contributed by atoms with Crippen molar-refractivity contribution < 1.29 is 0 Å². The Labute approximate surface area is 149 Å². The molecule has 3 aromatic heterocycles. The number of para-hydroxylation sites is 1. The summed E-state index contributed by atoms with van der Waals surface area (Å²) in [5.41, 5.74) is 3.58. The molecule has 0 radical (unpaired) electrons. The van der Waals surface area contributed by atoms with Gasteiger partial charge >= 0.3 is 0 Å². The number of benzene rings is 3. The molecule has 1 N–H and O–H groups in total. The molecular formula is C23H15N3. The largest absolute Gasteiger partial charge is 0.354 e. The minimum absolute atomic E-state index is 0.937. The van der Waals surface area contributed by atoms with Gasteiger partial charge in [0.1, 0.15) is 5.82 Å². The zero-order valence-corrected chi connectivity index (χ0v) is 14.0. The van der Waals surface area contributed by atoms with Crippen LogP contribution in [-0.4, -0.2) is 14.5 Å². The van der Waals surface area contributed by atoms with E-state index < -0.39 is 0 Å². The second-order valence-electron chi connectivity index (χ2n) is 6.60. The van der Waals surface area contributed by atoms with Crippen molar-refractivity contribution in [3.63, 3.8) is 0 Å². The maximum absolute atomic E-state index is 4.56. The van der Waals surface area contributed by atoms with Crippen LogP contribution in [0, 0.1) is 0 Å². The molecule has 122 valence electrons. The third kappa shape index (κ3) is 1.69. The maximum Gasteiger partial charge on any atom is 0.137 e. The lowest BCUT2D eigenvalue weighted by molar-refractivity contribution is 1.05. The number of pyridine rings is 1. The molecule has 6 aromatic rings. The molecule has 0 atom stereocenters. The van der Waals surface area contributed by atoms with E-state index in [-0.39, 0.29) is 0 Å². The number of fused-ring (bicyclic) bond motifs is 8. The molecule has 0 saturated heterocycles.